The molecule has 2 heterocycles. The zero-order valence-electron chi connectivity index (χ0n) is 5.66. The minimum Gasteiger partial charge on any atom is -0.383 e. The Bertz CT molecular complexity index is 393. The van der Waals surface area contributed by atoms with E-state index in [1.807, 2.05) is 22.7 Å². The Morgan fingerprint density at radius 3 is 3.09 bits per heavy atom. The van der Waals surface area contributed by atoms with Gasteiger partial charge in [0, 0.05) is 10.7 Å². The van der Waals surface area contributed by atoms with Crippen molar-refractivity contribution in [1.29, 1.82) is 0 Å². The van der Waals surface area contributed by atoms with Gasteiger partial charge in [0.2, 0.25) is 0 Å². The van der Waals surface area contributed by atoms with Gasteiger partial charge in [0.15, 0.2) is 0 Å². The van der Waals surface area contributed by atoms with Gasteiger partial charge in [-0.3, -0.25) is 4.40 Å². The van der Waals surface area contributed by atoms with Crippen LogP contribution in [0.4, 0.5) is 5.82 Å². The molecule has 0 radical (unpaired) electrons. The van der Waals surface area contributed by atoms with E-state index < -0.39 is 0 Å². The number of nitrogens with two attached hydrogens (primary N) is 1. The predicted molar refractivity (Wildman–Crippen MR) is 47.3 cm³/mol. The van der Waals surface area contributed by atoms with E-state index in [2.05, 4.69) is 20.9 Å². The fourth-order valence-electron chi connectivity index (χ4n) is 0.973. The first-order valence-electron chi connectivity index (χ1n) is 3.15. The van der Waals surface area contributed by atoms with Crippen LogP contribution in [0.15, 0.2) is 29.0 Å². The first-order valence-corrected chi connectivity index (χ1v) is 3.95. The van der Waals surface area contributed by atoms with Crippen LogP contribution in [0.25, 0.3) is 5.65 Å². The Kier molecular flexibility index (Phi) is 1.35. The van der Waals surface area contributed by atoms with Gasteiger partial charge in [0.05, 0.1) is 6.20 Å². The molecule has 4 heteroatoms. The lowest BCUT2D eigenvalue weighted by Crippen LogP contribution is -1.91. The highest BCUT2D eigenvalue weighted by atomic mass is 79.9. The molecular weight excluding hydrogens is 206 g/mol. The van der Waals surface area contributed by atoms with Gasteiger partial charge in [-0.05, 0) is 28.1 Å². The molecule has 0 fully saturated rings. The molecule has 0 aliphatic heterocycles. The van der Waals surface area contributed by atoms with E-state index in [-0.39, 0.29) is 0 Å². The number of halogens is 1. The molecule has 0 spiro atoms. The number of aromatic nitrogens is 2. The summed E-state index contributed by atoms with van der Waals surface area (Å²) in [5.41, 5.74) is 6.49. The van der Waals surface area contributed by atoms with Crippen LogP contribution in [0.3, 0.4) is 0 Å². The number of nitrogen functional groups attached to an aromatic ring is 1. The molecule has 0 unspecified atom stereocenters. The highest BCUT2D eigenvalue weighted by molar-refractivity contribution is 9.10. The summed E-state index contributed by atoms with van der Waals surface area (Å²) in [5, 5.41) is 0. The van der Waals surface area contributed by atoms with Crippen molar-refractivity contribution in [3.05, 3.63) is 29.0 Å². The molecule has 2 N–H and O–H groups in total. The van der Waals surface area contributed by atoms with Crippen LogP contribution < -0.4 is 5.73 Å². The summed E-state index contributed by atoms with van der Waals surface area (Å²) in [7, 11) is 0. The third kappa shape index (κ3) is 0.991. The summed E-state index contributed by atoms with van der Waals surface area (Å²) in [6.07, 6.45) is 3.53. The van der Waals surface area contributed by atoms with Gasteiger partial charge in [0.25, 0.3) is 0 Å². The number of rotatable bonds is 0. The van der Waals surface area contributed by atoms with Crippen LogP contribution in [0.1, 0.15) is 0 Å². The second kappa shape index (κ2) is 2.23. The van der Waals surface area contributed by atoms with Crippen molar-refractivity contribution in [2.45, 2.75) is 0 Å². The molecule has 3 nitrogen and oxygen atoms in total. The number of pyridine rings is 1. The van der Waals surface area contributed by atoms with E-state index in [0.29, 0.717) is 5.82 Å². The largest absolute Gasteiger partial charge is 0.383 e. The summed E-state index contributed by atoms with van der Waals surface area (Å²) in [6, 6.07) is 3.84. The van der Waals surface area contributed by atoms with E-state index in [4.69, 9.17) is 5.73 Å². The molecule has 0 saturated heterocycles. The third-order valence-electron chi connectivity index (χ3n) is 1.50. The number of nitrogens with zero attached hydrogens (tertiary/aromatic N) is 2. The quantitative estimate of drug-likeness (QED) is 0.721. The number of fused-ring (bicyclic) bond motifs is 1. The molecule has 0 aromatic carbocycles. The Morgan fingerprint density at radius 2 is 2.27 bits per heavy atom. The molecular formula is C7H6BrN3. The summed E-state index contributed by atoms with van der Waals surface area (Å²) < 4.78 is 2.82. The van der Waals surface area contributed by atoms with Crippen molar-refractivity contribution in [1.82, 2.24) is 9.38 Å². The van der Waals surface area contributed by atoms with Gasteiger partial charge in [0.1, 0.15) is 11.5 Å². The van der Waals surface area contributed by atoms with Crippen LogP contribution in [-0.4, -0.2) is 9.38 Å². The highest BCUT2D eigenvalue weighted by Gasteiger charge is 1.97. The molecule has 0 aliphatic carbocycles. The molecule has 0 bridgehead atoms. The maximum atomic E-state index is 5.62. The fourth-order valence-corrected chi connectivity index (χ4v) is 1.31. The van der Waals surface area contributed by atoms with E-state index in [1.165, 1.54) is 0 Å². The number of hydrogen-bond donors (Lipinski definition) is 1. The smallest absolute Gasteiger partial charge is 0.138 e. The Labute approximate surface area is 72.0 Å². The third-order valence-corrected chi connectivity index (χ3v) is 1.97. The Morgan fingerprint density at radius 1 is 1.45 bits per heavy atom. The van der Waals surface area contributed by atoms with Gasteiger partial charge in [-0.25, -0.2) is 4.98 Å². The van der Waals surface area contributed by atoms with Gasteiger partial charge in [-0.15, -0.1) is 0 Å². The molecule has 2 aromatic rings. The van der Waals surface area contributed by atoms with Gasteiger partial charge in [-0.1, -0.05) is 0 Å². The minimum atomic E-state index is 0.654. The molecule has 2 rings (SSSR count). The summed E-state index contributed by atoms with van der Waals surface area (Å²) >= 11 is 3.35. The predicted octanol–water partition coefficient (Wildman–Crippen LogP) is 1.68. The molecule has 0 amide bonds. The lowest BCUT2D eigenvalue weighted by Gasteiger charge is -1.95. The molecule has 56 valence electrons. The average Bonchev–Trinajstić information content (AvgIpc) is 2.33. The Hall–Kier alpha value is -1.03. The number of imidazole rings is 1. The highest BCUT2D eigenvalue weighted by Crippen LogP contribution is 2.13. The lowest BCUT2D eigenvalue weighted by atomic mass is 10.5. The Balaban J connectivity index is 2.87. The van der Waals surface area contributed by atoms with Crippen molar-refractivity contribution in [2.24, 2.45) is 0 Å². The monoisotopic (exact) mass is 211 g/mol. The topological polar surface area (TPSA) is 43.3 Å². The van der Waals surface area contributed by atoms with Crippen LogP contribution in [-0.2, 0) is 0 Å². The van der Waals surface area contributed by atoms with E-state index >= 15 is 0 Å². The zero-order chi connectivity index (χ0) is 7.84. The van der Waals surface area contributed by atoms with Crippen molar-refractivity contribution in [3.8, 4) is 0 Å². The minimum absolute atomic E-state index is 0.654. The molecule has 0 saturated carbocycles. The lowest BCUT2D eigenvalue weighted by molar-refractivity contribution is 1.18. The van der Waals surface area contributed by atoms with Crippen LogP contribution >= 0.6 is 15.9 Å². The van der Waals surface area contributed by atoms with Crippen LogP contribution in [0.2, 0.25) is 0 Å². The van der Waals surface area contributed by atoms with Crippen molar-refractivity contribution >= 4 is 27.4 Å². The van der Waals surface area contributed by atoms with Crippen LogP contribution in [0, 0.1) is 0 Å². The summed E-state index contributed by atoms with van der Waals surface area (Å²) in [5.74, 6) is 0.654. The number of hydrogen-bond acceptors (Lipinski definition) is 2. The molecule has 11 heavy (non-hydrogen) atoms. The molecule has 0 aliphatic rings. The SMILES string of the molecule is Nc1cnc2ccc(Br)cn12. The second-order valence-electron chi connectivity index (χ2n) is 2.26. The van der Waals surface area contributed by atoms with Gasteiger partial charge < -0.3 is 5.73 Å². The van der Waals surface area contributed by atoms with Crippen molar-refractivity contribution in [2.75, 3.05) is 5.73 Å². The maximum absolute atomic E-state index is 5.62. The van der Waals surface area contributed by atoms with E-state index in [9.17, 15) is 0 Å². The van der Waals surface area contributed by atoms with E-state index in [1.54, 1.807) is 6.20 Å². The molecule has 2 aromatic heterocycles. The van der Waals surface area contributed by atoms with Gasteiger partial charge >= 0.3 is 0 Å². The first-order chi connectivity index (χ1) is 5.27. The fraction of sp³-hybridized carbons (Fsp3) is 0. The van der Waals surface area contributed by atoms with Crippen molar-refractivity contribution < 1.29 is 0 Å². The second-order valence-corrected chi connectivity index (χ2v) is 3.17. The summed E-state index contributed by atoms with van der Waals surface area (Å²) in [6.45, 7) is 0. The van der Waals surface area contributed by atoms with E-state index in [0.717, 1.165) is 10.1 Å². The molecule has 0 atom stereocenters. The van der Waals surface area contributed by atoms with Crippen LogP contribution in [0.5, 0.6) is 0 Å². The maximum Gasteiger partial charge on any atom is 0.138 e. The van der Waals surface area contributed by atoms with Gasteiger partial charge in [-0.2, -0.15) is 0 Å². The zero-order valence-corrected chi connectivity index (χ0v) is 7.25. The standard InChI is InChI=1S/C7H6BrN3/c8-5-1-2-7-10-3-6(9)11(7)4-5/h1-4H,9H2. The normalized spacial score (nSPS) is 10.6. The summed E-state index contributed by atoms with van der Waals surface area (Å²) in [4.78, 5) is 4.08. The first kappa shape index (κ1) is 6.67. The average molecular weight is 212 g/mol. The van der Waals surface area contributed by atoms with Crippen molar-refractivity contribution in [3.63, 3.8) is 0 Å². The number of anilines is 1.